The lowest BCUT2D eigenvalue weighted by Gasteiger charge is -2.44. The quantitative estimate of drug-likeness (QED) is 0.711. The van der Waals surface area contributed by atoms with Gasteiger partial charge in [-0.2, -0.15) is 0 Å². The Labute approximate surface area is 82.1 Å². The molecule has 0 aromatic carbocycles. The van der Waals surface area contributed by atoms with Crippen molar-refractivity contribution in [2.75, 3.05) is 0 Å². The Bertz CT molecular complexity index is 164. The molecule has 0 heterocycles. The minimum Gasteiger partial charge on any atom is -0.325 e. The third kappa shape index (κ3) is 2.25. The van der Waals surface area contributed by atoms with E-state index in [-0.39, 0.29) is 5.54 Å². The fourth-order valence-corrected chi connectivity index (χ4v) is 3.32. The van der Waals surface area contributed by atoms with Gasteiger partial charge in [0.15, 0.2) is 0 Å². The first kappa shape index (κ1) is 9.51. The zero-order valence-corrected chi connectivity index (χ0v) is 8.89. The van der Waals surface area contributed by atoms with Crippen molar-refractivity contribution in [3.8, 4) is 0 Å². The van der Waals surface area contributed by atoms with E-state index in [0.717, 1.165) is 11.8 Å². The Morgan fingerprint density at radius 2 is 1.85 bits per heavy atom. The Kier molecular flexibility index (Phi) is 2.64. The lowest BCUT2D eigenvalue weighted by Crippen LogP contribution is -2.51. The molecule has 1 nitrogen and oxygen atoms in total. The molecule has 2 fully saturated rings. The molecular weight excluding hydrogens is 158 g/mol. The minimum absolute atomic E-state index is 0.252. The van der Waals surface area contributed by atoms with E-state index >= 15 is 0 Å². The van der Waals surface area contributed by atoms with E-state index in [1.54, 1.807) is 0 Å². The molecule has 1 heteroatoms. The Morgan fingerprint density at radius 3 is 2.38 bits per heavy atom. The summed E-state index contributed by atoms with van der Waals surface area (Å²) < 4.78 is 0. The maximum Gasteiger partial charge on any atom is 0.0159 e. The average molecular weight is 181 g/mol. The van der Waals surface area contributed by atoms with E-state index in [1.807, 2.05) is 0 Å². The number of rotatable bonds is 3. The maximum atomic E-state index is 6.27. The molecular formula is C12H23N. The SMILES string of the molecule is CC1CC(N)(CCC2CCCC2)C1. The van der Waals surface area contributed by atoms with Gasteiger partial charge in [-0.05, 0) is 37.5 Å². The predicted octanol–water partition coefficient (Wildman–Crippen LogP) is 3.08. The zero-order valence-electron chi connectivity index (χ0n) is 8.89. The fourth-order valence-electron chi connectivity index (χ4n) is 3.32. The normalized spacial score (nSPS) is 40.6. The van der Waals surface area contributed by atoms with E-state index in [0.29, 0.717) is 0 Å². The van der Waals surface area contributed by atoms with Crippen LogP contribution in [0.15, 0.2) is 0 Å². The van der Waals surface area contributed by atoms with Gasteiger partial charge in [-0.15, -0.1) is 0 Å². The summed E-state index contributed by atoms with van der Waals surface area (Å²) in [6, 6.07) is 0. The number of hydrogen-bond acceptors (Lipinski definition) is 1. The highest BCUT2D eigenvalue weighted by atomic mass is 14.8. The molecule has 0 spiro atoms. The Balaban J connectivity index is 1.67. The zero-order chi connectivity index (χ0) is 9.31. The molecule has 0 unspecified atom stereocenters. The smallest absolute Gasteiger partial charge is 0.0159 e. The van der Waals surface area contributed by atoms with Gasteiger partial charge in [0.1, 0.15) is 0 Å². The second-order valence-electron chi connectivity index (χ2n) is 5.56. The first-order valence-electron chi connectivity index (χ1n) is 5.97. The van der Waals surface area contributed by atoms with Crippen molar-refractivity contribution in [3.63, 3.8) is 0 Å². The van der Waals surface area contributed by atoms with Crippen molar-refractivity contribution in [2.24, 2.45) is 17.6 Å². The molecule has 0 amide bonds. The monoisotopic (exact) mass is 181 g/mol. The van der Waals surface area contributed by atoms with E-state index in [2.05, 4.69) is 6.92 Å². The second-order valence-corrected chi connectivity index (χ2v) is 5.56. The van der Waals surface area contributed by atoms with Gasteiger partial charge in [-0.25, -0.2) is 0 Å². The van der Waals surface area contributed by atoms with E-state index < -0.39 is 0 Å². The van der Waals surface area contributed by atoms with Crippen LogP contribution >= 0.6 is 0 Å². The van der Waals surface area contributed by atoms with Crippen LogP contribution in [0.4, 0.5) is 0 Å². The molecule has 0 saturated heterocycles. The van der Waals surface area contributed by atoms with Crippen LogP contribution in [0.2, 0.25) is 0 Å². The van der Waals surface area contributed by atoms with Crippen LogP contribution in [-0.2, 0) is 0 Å². The standard InChI is InChI=1S/C12H23N/c1-10-8-12(13,9-10)7-6-11-4-2-3-5-11/h10-11H,2-9,13H2,1H3. The summed E-state index contributed by atoms with van der Waals surface area (Å²) in [6.45, 7) is 2.32. The van der Waals surface area contributed by atoms with Crippen LogP contribution < -0.4 is 5.73 Å². The summed E-state index contributed by atoms with van der Waals surface area (Å²) in [5.41, 5.74) is 6.52. The molecule has 2 rings (SSSR count). The van der Waals surface area contributed by atoms with Crippen molar-refractivity contribution in [1.82, 2.24) is 0 Å². The summed E-state index contributed by atoms with van der Waals surface area (Å²) >= 11 is 0. The molecule has 2 aliphatic carbocycles. The summed E-state index contributed by atoms with van der Waals surface area (Å²) in [7, 11) is 0. The van der Waals surface area contributed by atoms with Gasteiger partial charge in [0.25, 0.3) is 0 Å². The van der Waals surface area contributed by atoms with Gasteiger partial charge in [-0.3, -0.25) is 0 Å². The van der Waals surface area contributed by atoms with Crippen LogP contribution in [0.5, 0.6) is 0 Å². The fraction of sp³-hybridized carbons (Fsp3) is 1.00. The van der Waals surface area contributed by atoms with Gasteiger partial charge >= 0.3 is 0 Å². The molecule has 0 bridgehead atoms. The van der Waals surface area contributed by atoms with Gasteiger partial charge < -0.3 is 5.73 Å². The summed E-state index contributed by atoms with van der Waals surface area (Å²) in [4.78, 5) is 0. The van der Waals surface area contributed by atoms with Crippen molar-refractivity contribution >= 4 is 0 Å². The van der Waals surface area contributed by atoms with Gasteiger partial charge in [0.2, 0.25) is 0 Å². The third-order valence-corrected chi connectivity index (χ3v) is 4.04. The number of hydrogen-bond donors (Lipinski definition) is 1. The summed E-state index contributed by atoms with van der Waals surface area (Å²) in [6.07, 6.45) is 11.2. The highest BCUT2D eigenvalue weighted by molar-refractivity contribution is 4.96. The van der Waals surface area contributed by atoms with E-state index in [4.69, 9.17) is 5.73 Å². The van der Waals surface area contributed by atoms with Crippen LogP contribution in [0, 0.1) is 11.8 Å². The third-order valence-electron chi connectivity index (χ3n) is 4.04. The van der Waals surface area contributed by atoms with Crippen molar-refractivity contribution in [3.05, 3.63) is 0 Å². The van der Waals surface area contributed by atoms with Crippen LogP contribution in [-0.4, -0.2) is 5.54 Å². The molecule has 13 heavy (non-hydrogen) atoms. The highest BCUT2D eigenvalue weighted by Gasteiger charge is 2.38. The maximum absolute atomic E-state index is 6.27. The van der Waals surface area contributed by atoms with Crippen LogP contribution in [0.3, 0.4) is 0 Å². The first-order chi connectivity index (χ1) is 6.18. The van der Waals surface area contributed by atoms with E-state index in [9.17, 15) is 0 Å². The first-order valence-corrected chi connectivity index (χ1v) is 5.97. The molecule has 2 saturated carbocycles. The van der Waals surface area contributed by atoms with Crippen LogP contribution in [0.1, 0.15) is 58.3 Å². The summed E-state index contributed by atoms with van der Waals surface area (Å²) in [5, 5.41) is 0. The van der Waals surface area contributed by atoms with E-state index in [1.165, 1.54) is 51.4 Å². The molecule has 2 aliphatic rings. The van der Waals surface area contributed by atoms with Gasteiger partial charge in [0.05, 0.1) is 0 Å². The average Bonchev–Trinajstić information content (AvgIpc) is 2.50. The number of nitrogens with two attached hydrogens (primary N) is 1. The van der Waals surface area contributed by atoms with Gasteiger partial charge in [-0.1, -0.05) is 32.6 Å². The molecule has 2 N–H and O–H groups in total. The molecule has 76 valence electrons. The lowest BCUT2D eigenvalue weighted by atomic mass is 9.67. The predicted molar refractivity (Wildman–Crippen MR) is 56.5 cm³/mol. The molecule has 0 radical (unpaired) electrons. The Morgan fingerprint density at radius 1 is 1.23 bits per heavy atom. The topological polar surface area (TPSA) is 26.0 Å². The van der Waals surface area contributed by atoms with Crippen molar-refractivity contribution in [1.29, 1.82) is 0 Å². The lowest BCUT2D eigenvalue weighted by molar-refractivity contribution is 0.141. The molecule has 0 aromatic heterocycles. The Hall–Kier alpha value is -0.0400. The minimum atomic E-state index is 0.252. The van der Waals surface area contributed by atoms with Gasteiger partial charge in [0, 0.05) is 5.54 Å². The highest BCUT2D eigenvalue weighted by Crippen LogP contribution is 2.40. The largest absolute Gasteiger partial charge is 0.325 e. The van der Waals surface area contributed by atoms with Crippen LogP contribution in [0.25, 0.3) is 0 Å². The van der Waals surface area contributed by atoms with Crippen molar-refractivity contribution in [2.45, 2.75) is 63.8 Å². The molecule has 0 aromatic rings. The van der Waals surface area contributed by atoms with Crippen molar-refractivity contribution < 1.29 is 0 Å². The second kappa shape index (κ2) is 3.61. The molecule has 0 aliphatic heterocycles. The molecule has 0 atom stereocenters. The summed E-state index contributed by atoms with van der Waals surface area (Å²) in [5.74, 6) is 1.92.